The number of benzene rings is 2. The number of methoxy groups -OCH3 is 1. The third-order valence-corrected chi connectivity index (χ3v) is 5.51. The van der Waals surface area contributed by atoms with E-state index in [9.17, 15) is 9.59 Å². The van der Waals surface area contributed by atoms with Crippen molar-refractivity contribution in [3.63, 3.8) is 0 Å². The first-order valence-electron chi connectivity index (χ1n) is 10.2. The third kappa shape index (κ3) is 4.38. The molecule has 1 heterocycles. The van der Waals surface area contributed by atoms with Gasteiger partial charge in [-0.15, -0.1) is 0 Å². The van der Waals surface area contributed by atoms with Crippen LogP contribution in [0.1, 0.15) is 50.6 Å². The summed E-state index contributed by atoms with van der Waals surface area (Å²) < 4.78 is 11.2. The zero-order chi connectivity index (χ0) is 22.7. The molecule has 0 radical (unpaired) electrons. The number of fused-ring (bicyclic) bond motifs is 1. The number of ether oxygens (including phenoxy) is 1. The number of hydrazone groups is 1. The summed E-state index contributed by atoms with van der Waals surface area (Å²) in [6.45, 7) is 1.81. The molecule has 0 unspecified atom stereocenters. The molecular weight excluding hydrogens is 430 g/mol. The number of halogens is 1. The Labute approximate surface area is 190 Å². The molecule has 2 N–H and O–H groups in total. The smallest absolute Gasteiger partial charge is 0.291 e. The van der Waals surface area contributed by atoms with Gasteiger partial charge < -0.3 is 14.5 Å². The summed E-state index contributed by atoms with van der Waals surface area (Å²) in [6, 6.07) is 13.8. The van der Waals surface area contributed by atoms with Gasteiger partial charge >= 0.3 is 0 Å². The van der Waals surface area contributed by atoms with Crippen molar-refractivity contribution < 1.29 is 18.7 Å². The summed E-state index contributed by atoms with van der Waals surface area (Å²) in [5.41, 5.74) is 5.71. The molecule has 0 saturated heterocycles. The van der Waals surface area contributed by atoms with Gasteiger partial charge in [-0.2, -0.15) is 5.10 Å². The van der Waals surface area contributed by atoms with E-state index in [0.717, 1.165) is 12.0 Å². The molecule has 0 saturated carbocycles. The highest BCUT2D eigenvalue weighted by atomic mass is 35.5. The number of aryl methyl sites for hydroxylation is 1. The fraction of sp³-hybridized carbons (Fsp3) is 0.208. The molecule has 2 amide bonds. The molecule has 8 heteroatoms. The van der Waals surface area contributed by atoms with Crippen LogP contribution in [0.25, 0.3) is 0 Å². The number of carbonyl (C=O) groups excluding carboxylic acids is 2. The van der Waals surface area contributed by atoms with E-state index in [1.807, 2.05) is 13.0 Å². The van der Waals surface area contributed by atoms with E-state index in [4.69, 9.17) is 20.8 Å². The minimum atomic E-state index is -0.412. The predicted octanol–water partition coefficient (Wildman–Crippen LogP) is 4.97. The van der Waals surface area contributed by atoms with Gasteiger partial charge in [0, 0.05) is 28.1 Å². The van der Waals surface area contributed by atoms with Crippen LogP contribution in [0.5, 0.6) is 5.75 Å². The van der Waals surface area contributed by atoms with Crippen molar-refractivity contribution in [2.75, 3.05) is 12.4 Å². The first-order valence-corrected chi connectivity index (χ1v) is 10.5. The Morgan fingerprint density at radius 3 is 2.62 bits per heavy atom. The number of nitrogens with zero attached hydrogens (tertiary/aromatic N) is 1. The van der Waals surface area contributed by atoms with Crippen LogP contribution in [0, 0.1) is 6.92 Å². The largest absolute Gasteiger partial charge is 0.495 e. The van der Waals surface area contributed by atoms with Crippen molar-refractivity contribution in [3.8, 4) is 5.75 Å². The molecule has 0 fully saturated rings. The Hall–Kier alpha value is -3.58. The molecule has 1 aliphatic carbocycles. The summed E-state index contributed by atoms with van der Waals surface area (Å²) in [5.74, 6) is 0.663. The molecule has 1 aromatic heterocycles. The number of rotatable bonds is 5. The van der Waals surface area contributed by atoms with E-state index in [1.54, 1.807) is 42.5 Å². The lowest BCUT2D eigenvalue weighted by atomic mass is 9.93. The van der Waals surface area contributed by atoms with Crippen molar-refractivity contribution in [2.24, 2.45) is 5.10 Å². The number of hydrogen-bond donors (Lipinski definition) is 2. The van der Waals surface area contributed by atoms with Gasteiger partial charge in [0.05, 0.1) is 18.5 Å². The first-order chi connectivity index (χ1) is 15.5. The molecule has 0 aliphatic heterocycles. The first kappa shape index (κ1) is 21.6. The predicted molar refractivity (Wildman–Crippen MR) is 123 cm³/mol. The standard InChI is InChI=1S/C24H22ClN3O4/c1-14-21-17(27-28-23(29)15-7-4-3-5-8-15)9-6-10-20(21)32-22(14)24(30)26-18-13-16(25)11-12-19(18)31-2/h3-5,7-8,11-13H,6,9-10H2,1-2H3,(H,26,30)(H,28,29)/b27-17+. The van der Waals surface area contributed by atoms with Gasteiger partial charge in [-0.05, 0) is 50.1 Å². The monoisotopic (exact) mass is 451 g/mol. The maximum atomic E-state index is 13.0. The minimum Gasteiger partial charge on any atom is -0.495 e. The quantitative estimate of drug-likeness (QED) is 0.535. The number of carbonyl (C=O) groups is 2. The molecule has 2 aromatic carbocycles. The number of furan rings is 1. The molecule has 7 nitrogen and oxygen atoms in total. The molecular formula is C24H22ClN3O4. The van der Waals surface area contributed by atoms with Crippen LogP contribution >= 0.6 is 11.6 Å². The van der Waals surface area contributed by atoms with E-state index in [-0.39, 0.29) is 11.7 Å². The van der Waals surface area contributed by atoms with Crippen LogP contribution in [0.3, 0.4) is 0 Å². The molecule has 164 valence electrons. The van der Waals surface area contributed by atoms with Crippen LogP contribution in [-0.4, -0.2) is 24.6 Å². The zero-order valence-electron chi connectivity index (χ0n) is 17.7. The third-order valence-electron chi connectivity index (χ3n) is 5.27. The highest BCUT2D eigenvalue weighted by Crippen LogP contribution is 2.32. The molecule has 0 bridgehead atoms. The lowest BCUT2D eigenvalue weighted by Gasteiger charge is -2.13. The van der Waals surface area contributed by atoms with Crippen molar-refractivity contribution in [1.29, 1.82) is 0 Å². The summed E-state index contributed by atoms with van der Waals surface area (Å²) in [5, 5.41) is 7.62. The second-order valence-corrected chi connectivity index (χ2v) is 7.81. The van der Waals surface area contributed by atoms with Gasteiger partial charge in [-0.1, -0.05) is 29.8 Å². The van der Waals surface area contributed by atoms with Gasteiger partial charge in [-0.3, -0.25) is 9.59 Å². The van der Waals surface area contributed by atoms with E-state index < -0.39 is 5.91 Å². The highest BCUT2D eigenvalue weighted by molar-refractivity contribution is 6.31. The summed E-state index contributed by atoms with van der Waals surface area (Å²) in [6.07, 6.45) is 2.17. The number of hydrogen-bond acceptors (Lipinski definition) is 5. The fourth-order valence-corrected chi connectivity index (χ4v) is 3.90. The van der Waals surface area contributed by atoms with Gasteiger partial charge in [0.1, 0.15) is 11.5 Å². The lowest BCUT2D eigenvalue weighted by molar-refractivity contribution is 0.0953. The fourth-order valence-electron chi connectivity index (χ4n) is 3.73. The van der Waals surface area contributed by atoms with Gasteiger partial charge in [0.15, 0.2) is 5.76 Å². The minimum absolute atomic E-state index is 0.195. The molecule has 0 spiro atoms. The molecule has 3 aromatic rings. The molecule has 32 heavy (non-hydrogen) atoms. The maximum Gasteiger partial charge on any atom is 0.291 e. The molecule has 1 aliphatic rings. The Kier molecular flexibility index (Phi) is 6.28. The summed E-state index contributed by atoms with van der Waals surface area (Å²) in [4.78, 5) is 25.3. The van der Waals surface area contributed by atoms with E-state index in [1.165, 1.54) is 7.11 Å². The number of nitrogens with one attached hydrogen (secondary N) is 2. The van der Waals surface area contributed by atoms with Crippen LogP contribution in [-0.2, 0) is 6.42 Å². The van der Waals surface area contributed by atoms with E-state index in [2.05, 4.69) is 15.8 Å². The van der Waals surface area contributed by atoms with Gasteiger partial charge in [0.25, 0.3) is 11.8 Å². The second-order valence-electron chi connectivity index (χ2n) is 7.37. The maximum absolute atomic E-state index is 13.0. The summed E-state index contributed by atoms with van der Waals surface area (Å²) in [7, 11) is 1.52. The van der Waals surface area contributed by atoms with Gasteiger partial charge in [0.2, 0.25) is 0 Å². The average molecular weight is 452 g/mol. The van der Waals surface area contributed by atoms with Crippen LogP contribution in [0.15, 0.2) is 58.0 Å². The highest BCUT2D eigenvalue weighted by Gasteiger charge is 2.28. The summed E-state index contributed by atoms with van der Waals surface area (Å²) >= 11 is 6.06. The van der Waals surface area contributed by atoms with E-state index in [0.29, 0.717) is 51.9 Å². The van der Waals surface area contributed by atoms with Gasteiger partial charge in [-0.25, -0.2) is 5.43 Å². The lowest BCUT2D eigenvalue weighted by Crippen LogP contribution is -2.22. The Morgan fingerprint density at radius 1 is 1.09 bits per heavy atom. The SMILES string of the molecule is COc1ccc(Cl)cc1NC(=O)c1oc2c(c1C)/C(=N/NC(=O)c1ccccc1)CCC2. The Balaban J connectivity index is 1.59. The number of amides is 2. The van der Waals surface area contributed by atoms with Crippen molar-refractivity contribution in [3.05, 3.63) is 81.8 Å². The topological polar surface area (TPSA) is 92.9 Å². The van der Waals surface area contributed by atoms with Crippen molar-refractivity contribution in [1.82, 2.24) is 5.43 Å². The average Bonchev–Trinajstić information content (AvgIpc) is 3.15. The van der Waals surface area contributed by atoms with E-state index >= 15 is 0 Å². The van der Waals surface area contributed by atoms with Crippen molar-refractivity contribution >= 4 is 34.8 Å². The van der Waals surface area contributed by atoms with Crippen LogP contribution < -0.4 is 15.5 Å². The normalized spacial score (nSPS) is 14.0. The second kappa shape index (κ2) is 9.28. The van der Waals surface area contributed by atoms with Crippen molar-refractivity contribution in [2.45, 2.75) is 26.2 Å². The Morgan fingerprint density at radius 2 is 1.88 bits per heavy atom. The number of anilines is 1. The zero-order valence-corrected chi connectivity index (χ0v) is 18.5. The molecule has 0 atom stereocenters. The van der Waals surface area contributed by atoms with Crippen LogP contribution in [0.2, 0.25) is 5.02 Å². The Bertz CT molecular complexity index is 1200. The van der Waals surface area contributed by atoms with Crippen LogP contribution in [0.4, 0.5) is 5.69 Å². The molecule has 4 rings (SSSR count).